The average Bonchev–Trinajstić information content (AvgIpc) is 2.86. The maximum absolute atomic E-state index is 13.4. The molecule has 1 aromatic carbocycles. The van der Waals surface area contributed by atoms with Crippen LogP contribution in [0.15, 0.2) is 30.5 Å². The van der Waals surface area contributed by atoms with Crippen molar-refractivity contribution in [1.29, 1.82) is 0 Å². The molecule has 1 heterocycles. The van der Waals surface area contributed by atoms with Crippen molar-refractivity contribution < 1.29 is 9.31 Å². The Morgan fingerprint density at radius 2 is 2.19 bits per heavy atom. The fourth-order valence-corrected chi connectivity index (χ4v) is 1.89. The number of non-ortho nitro benzene ring substituents is 1. The third-order valence-electron chi connectivity index (χ3n) is 2.85. The monoisotopic (exact) mass is 292 g/mol. The van der Waals surface area contributed by atoms with E-state index in [2.05, 4.69) is 24.3 Å². The molecule has 6 nitrogen and oxygen atoms in total. The summed E-state index contributed by atoms with van der Waals surface area (Å²) in [5.74, 6) is -0.118. The molecular weight excluding hydrogens is 275 g/mol. The lowest BCUT2D eigenvalue weighted by Gasteiger charge is -2.05. The Balaban J connectivity index is 2.15. The molecule has 0 amide bonds. The number of nitro benzene ring substituents is 1. The second-order valence-electron chi connectivity index (χ2n) is 5.20. The Morgan fingerprint density at radius 3 is 2.86 bits per heavy atom. The summed E-state index contributed by atoms with van der Waals surface area (Å²) in [7, 11) is 0. The van der Waals surface area contributed by atoms with Crippen LogP contribution in [0.2, 0.25) is 0 Å². The normalized spacial score (nSPS) is 11.0. The number of hydrogen-bond acceptors (Lipinski definition) is 4. The molecule has 0 saturated carbocycles. The van der Waals surface area contributed by atoms with E-state index in [4.69, 9.17) is 0 Å². The number of nitrogens with one attached hydrogen (secondary N) is 1. The number of nitrogens with zero attached hydrogens (tertiary/aromatic N) is 3. The predicted octanol–water partition coefficient (Wildman–Crippen LogP) is 2.67. The summed E-state index contributed by atoms with van der Waals surface area (Å²) in [5, 5.41) is 18.3. The molecule has 21 heavy (non-hydrogen) atoms. The lowest BCUT2D eigenvalue weighted by Crippen LogP contribution is -2.19. The van der Waals surface area contributed by atoms with Gasteiger partial charge in [-0.05, 0) is 18.5 Å². The van der Waals surface area contributed by atoms with Gasteiger partial charge in [0, 0.05) is 24.9 Å². The first-order valence-electron chi connectivity index (χ1n) is 6.66. The summed E-state index contributed by atoms with van der Waals surface area (Å²) in [6.45, 7) is 5.69. The Bertz CT molecular complexity index is 640. The lowest BCUT2D eigenvalue weighted by molar-refractivity contribution is -0.385. The van der Waals surface area contributed by atoms with Gasteiger partial charge in [-0.15, -0.1) is 0 Å². The zero-order valence-corrected chi connectivity index (χ0v) is 11.9. The molecule has 0 bridgehead atoms. The number of aromatic nitrogens is 2. The molecular formula is C14H17FN4O2. The summed E-state index contributed by atoms with van der Waals surface area (Å²) < 4.78 is 14.8. The van der Waals surface area contributed by atoms with Crippen LogP contribution in [-0.2, 0) is 6.54 Å². The van der Waals surface area contributed by atoms with Crippen molar-refractivity contribution in [2.24, 2.45) is 5.92 Å². The second-order valence-corrected chi connectivity index (χ2v) is 5.20. The molecule has 0 aliphatic rings. The minimum atomic E-state index is -0.658. The average molecular weight is 292 g/mol. The van der Waals surface area contributed by atoms with Gasteiger partial charge in [-0.3, -0.25) is 10.1 Å². The SMILES string of the molecule is CC(C)CNCc1ccn(-c2cc(F)cc([N+](=O)[O-])c2)n1. The Kier molecular flexibility index (Phi) is 4.64. The van der Waals surface area contributed by atoms with E-state index in [0.29, 0.717) is 18.2 Å². The first-order chi connectivity index (χ1) is 9.95. The van der Waals surface area contributed by atoms with Crippen LogP contribution in [0.1, 0.15) is 19.5 Å². The molecule has 0 radical (unpaired) electrons. The van der Waals surface area contributed by atoms with Gasteiger partial charge < -0.3 is 5.32 Å². The van der Waals surface area contributed by atoms with Crippen molar-refractivity contribution in [2.45, 2.75) is 20.4 Å². The molecule has 1 N–H and O–H groups in total. The van der Waals surface area contributed by atoms with Crippen molar-refractivity contribution in [2.75, 3.05) is 6.54 Å². The summed E-state index contributed by atoms with van der Waals surface area (Å²) >= 11 is 0. The van der Waals surface area contributed by atoms with Gasteiger partial charge in [0.15, 0.2) is 0 Å². The third kappa shape index (κ3) is 4.09. The van der Waals surface area contributed by atoms with Gasteiger partial charge in [-0.2, -0.15) is 5.10 Å². The zero-order chi connectivity index (χ0) is 15.4. The van der Waals surface area contributed by atoms with Gasteiger partial charge in [0.1, 0.15) is 5.82 Å². The first kappa shape index (κ1) is 15.1. The number of halogens is 1. The maximum Gasteiger partial charge on any atom is 0.274 e. The number of benzene rings is 1. The number of rotatable bonds is 6. The van der Waals surface area contributed by atoms with Gasteiger partial charge in [0.2, 0.25) is 0 Å². The van der Waals surface area contributed by atoms with Gasteiger partial charge in [-0.25, -0.2) is 9.07 Å². The van der Waals surface area contributed by atoms with Gasteiger partial charge in [-0.1, -0.05) is 13.8 Å². The van der Waals surface area contributed by atoms with Crippen molar-refractivity contribution >= 4 is 5.69 Å². The van der Waals surface area contributed by atoms with Crippen LogP contribution in [-0.4, -0.2) is 21.2 Å². The van der Waals surface area contributed by atoms with Crippen LogP contribution in [0.25, 0.3) is 5.69 Å². The molecule has 2 rings (SSSR count). The fourth-order valence-electron chi connectivity index (χ4n) is 1.89. The standard InChI is InChI=1S/C14H17FN4O2/c1-10(2)8-16-9-12-3-4-18(17-12)13-5-11(15)6-14(7-13)19(20)21/h3-7,10,16H,8-9H2,1-2H3. The minimum absolute atomic E-state index is 0.292. The number of nitro groups is 1. The van der Waals surface area contributed by atoms with Crippen molar-refractivity contribution in [3.05, 3.63) is 52.1 Å². The van der Waals surface area contributed by atoms with Gasteiger partial charge in [0.25, 0.3) is 5.69 Å². The topological polar surface area (TPSA) is 73.0 Å². The highest BCUT2D eigenvalue weighted by Crippen LogP contribution is 2.19. The molecule has 0 aliphatic heterocycles. The van der Waals surface area contributed by atoms with E-state index in [1.165, 1.54) is 16.8 Å². The molecule has 7 heteroatoms. The quantitative estimate of drug-likeness (QED) is 0.656. The van der Waals surface area contributed by atoms with Gasteiger partial charge >= 0.3 is 0 Å². The van der Waals surface area contributed by atoms with Crippen LogP contribution in [0.4, 0.5) is 10.1 Å². The Labute approximate surface area is 121 Å². The zero-order valence-electron chi connectivity index (χ0n) is 11.9. The molecule has 0 aliphatic carbocycles. The van der Waals surface area contributed by atoms with E-state index in [-0.39, 0.29) is 5.69 Å². The van der Waals surface area contributed by atoms with Crippen molar-refractivity contribution in [3.63, 3.8) is 0 Å². The van der Waals surface area contributed by atoms with Crippen LogP contribution in [0, 0.1) is 21.8 Å². The largest absolute Gasteiger partial charge is 0.311 e. The Hall–Kier alpha value is -2.28. The van der Waals surface area contributed by atoms with Crippen LogP contribution in [0.3, 0.4) is 0 Å². The van der Waals surface area contributed by atoms with Gasteiger partial charge in [0.05, 0.1) is 22.4 Å². The van der Waals surface area contributed by atoms with E-state index in [9.17, 15) is 14.5 Å². The second kappa shape index (κ2) is 6.45. The van der Waals surface area contributed by atoms with E-state index in [1.807, 2.05) is 0 Å². The summed E-state index contributed by atoms with van der Waals surface area (Å²) in [6.07, 6.45) is 1.66. The lowest BCUT2D eigenvalue weighted by atomic mass is 10.2. The molecule has 112 valence electrons. The van der Waals surface area contributed by atoms with E-state index < -0.39 is 10.7 Å². The molecule has 0 unspecified atom stereocenters. The summed E-state index contributed by atoms with van der Waals surface area (Å²) in [6, 6.07) is 5.19. The van der Waals surface area contributed by atoms with Crippen molar-refractivity contribution in [3.8, 4) is 5.69 Å². The highest BCUT2D eigenvalue weighted by molar-refractivity contribution is 5.43. The summed E-state index contributed by atoms with van der Waals surface area (Å²) in [4.78, 5) is 10.1. The Morgan fingerprint density at radius 1 is 1.43 bits per heavy atom. The fraction of sp³-hybridized carbons (Fsp3) is 0.357. The molecule has 0 atom stereocenters. The summed E-state index contributed by atoms with van der Waals surface area (Å²) in [5.41, 5.74) is 0.833. The predicted molar refractivity (Wildman–Crippen MR) is 76.7 cm³/mol. The van der Waals surface area contributed by atoms with E-state index >= 15 is 0 Å². The van der Waals surface area contributed by atoms with Crippen LogP contribution >= 0.6 is 0 Å². The molecule has 2 aromatic rings. The first-order valence-corrected chi connectivity index (χ1v) is 6.66. The van der Waals surface area contributed by atoms with Crippen molar-refractivity contribution in [1.82, 2.24) is 15.1 Å². The molecule has 1 aromatic heterocycles. The molecule has 0 fully saturated rings. The van der Waals surface area contributed by atoms with E-state index in [1.54, 1.807) is 12.3 Å². The maximum atomic E-state index is 13.4. The smallest absolute Gasteiger partial charge is 0.274 e. The molecule has 0 saturated heterocycles. The third-order valence-corrected chi connectivity index (χ3v) is 2.85. The minimum Gasteiger partial charge on any atom is -0.311 e. The van der Waals surface area contributed by atoms with Crippen LogP contribution < -0.4 is 5.32 Å². The van der Waals surface area contributed by atoms with E-state index in [0.717, 1.165) is 18.3 Å². The number of hydrogen-bond donors (Lipinski definition) is 1. The molecule has 0 spiro atoms. The highest BCUT2D eigenvalue weighted by Gasteiger charge is 2.11. The highest BCUT2D eigenvalue weighted by atomic mass is 19.1. The van der Waals surface area contributed by atoms with Crippen LogP contribution in [0.5, 0.6) is 0 Å².